The molecule has 0 saturated carbocycles. The Morgan fingerprint density at radius 2 is 2.31 bits per heavy atom. The van der Waals surface area contributed by atoms with Crippen molar-refractivity contribution >= 4 is 38.9 Å². The number of aromatic nitrogens is 1. The van der Waals surface area contributed by atoms with Crippen LogP contribution in [0, 0.1) is 6.92 Å². The van der Waals surface area contributed by atoms with Crippen LogP contribution in [0.5, 0.6) is 0 Å². The second kappa shape index (κ2) is 3.64. The average Bonchev–Trinajstić information content (AvgIpc) is 2.59. The normalized spacial score (nSPS) is 10.6. The number of carboxylic acids is 1. The maximum absolute atomic E-state index is 11.1. The van der Waals surface area contributed by atoms with E-state index in [-0.39, 0.29) is 11.3 Å². The fraction of sp³-hybridized carbons (Fsp3) is 0.200. The van der Waals surface area contributed by atoms with Gasteiger partial charge in [-0.25, -0.2) is 4.79 Å². The highest BCUT2D eigenvalue weighted by Crippen LogP contribution is 2.36. The zero-order valence-electron chi connectivity index (χ0n) is 8.87. The number of nitrogens with one attached hydrogen (secondary N) is 1. The van der Waals surface area contributed by atoms with E-state index in [1.807, 2.05) is 5.38 Å². The van der Waals surface area contributed by atoms with Gasteiger partial charge in [0.2, 0.25) is 0 Å². The number of pyridine rings is 1. The Bertz CT molecular complexity index is 577. The van der Waals surface area contributed by atoms with Crippen molar-refractivity contribution in [3.05, 3.63) is 16.6 Å². The molecule has 0 unspecified atom stereocenters. The SMILES string of the molecule is CNc1scc2nc(C)c(C(=O)O)c(N)c12. The van der Waals surface area contributed by atoms with E-state index < -0.39 is 5.97 Å². The highest BCUT2D eigenvalue weighted by atomic mass is 32.1. The minimum absolute atomic E-state index is 0.0856. The number of anilines is 2. The number of aromatic carboxylic acids is 1. The van der Waals surface area contributed by atoms with E-state index in [2.05, 4.69) is 10.3 Å². The van der Waals surface area contributed by atoms with Crippen LogP contribution in [0.25, 0.3) is 10.9 Å². The van der Waals surface area contributed by atoms with Crippen molar-refractivity contribution in [2.24, 2.45) is 0 Å². The Morgan fingerprint density at radius 1 is 1.62 bits per heavy atom. The smallest absolute Gasteiger partial charge is 0.339 e. The molecule has 2 rings (SSSR count). The summed E-state index contributed by atoms with van der Waals surface area (Å²) in [7, 11) is 1.77. The van der Waals surface area contributed by atoms with Crippen LogP contribution < -0.4 is 11.1 Å². The second-order valence-electron chi connectivity index (χ2n) is 3.37. The summed E-state index contributed by atoms with van der Waals surface area (Å²) in [5, 5.41) is 15.4. The molecule has 2 heterocycles. The number of hydrogen-bond acceptors (Lipinski definition) is 5. The first-order valence-corrected chi connectivity index (χ1v) is 5.52. The number of carbonyl (C=O) groups is 1. The van der Waals surface area contributed by atoms with Gasteiger partial charge in [0, 0.05) is 12.4 Å². The molecule has 2 aromatic rings. The van der Waals surface area contributed by atoms with E-state index in [1.165, 1.54) is 11.3 Å². The highest BCUT2D eigenvalue weighted by molar-refractivity contribution is 7.16. The largest absolute Gasteiger partial charge is 0.478 e. The molecule has 0 aliphatic carbocycles. The van der Waals surface area contributed by atoms with Gasteiger partial charge in [0.15, 0.2) is 0 Å². The summed E-state index contributed by atoms with van der Waals surface area (Å²) in [5.74, 6) is -1.04. The molecule has 6 heteroatoms. The maximum Gasteiger partial charge on any atom is 0.339 e. The van der Waals surface area contributed by atoms with Crippen LogP contribution in [0.1, 0.15) is 16.1 Å². The summed E-state index contributed by atoms with van der Waals surface area (Å²) < 4.78 is 0. The fourth-order valence-electron chi connectivity index (χ4n) is 1.70. The minimum Gasteiger partial charge on any atom is -0.478 e. The van der Waals surface area contributed by atoms with E-state index in [1.54, 1.807) is 14.0 Å². The predicted molar refractivity (Wildman–Crippen MR) is 65.3 cm³/mol. The third-order valence-corrected chi connectivity index (χ3v) is 3.39. The lowest BCUT2D eigenvalue weighted by Gasteiger charge is -2.07. The lowest BCUT2D eigenvalue weighted by atomic mass is 10.1. The van der Waals surface area contributed by atoms with Crippen molar-refractivity contribution in [2.75, 3.05) is 18.1 Å². The lowest BCUT2D eigenvalue weighted by Crippen LogP contribution is -2.07. The maximum atomic E-state index is 11.1. The molecule has 0 fully saturated rings. The summed E-state index contributed by atoms with van der Waals surface area (Å²) in [6, 6.07) is 0. The molecule has 0 radical (unpaired) electrons. The number of rotatable bonds is 2. The number of nitrogen functional groups attached to an aromatic ring is 1. The zero-order valence-corrected chi connectivity index (χ0v) is 9.68. The Morgan fingerprint density at radius 3 is 2.88 bits per heavy atom. The predicted octanol–water partition coefficient (Wildman–Crippen LogP) is 1.93. The molecule has 0 aromatic carbocycles. The minimum atomic E-state index is -1.04. The fourth-order valence-corrected chi connectivity index (χ4v) is 2.55. The van der Waals surface area contributed by atoms with Gasteiger partial charge in [-0.3, -0.25) is 4.98 Å². The number of nitrogens with zero attached hydrogens (tertiary/aromatic N) is 1. The van der Waals surface area contributed by atoms with Gasteiger partial charge in [-0.15, -0.1) is 11.3 Å². The van der Waals surface area contributed by atoms with E-state index in [0.717, 1.165) is 10.5 Å². The number of aryl methyl sites for hydroxylation is 1. The first kappa shape index (κ1) is 10.7. The van der Waals surface area contributed by atoms with Crippen molar-refractivity contribution in [3.63, 3.8) is 0 Å². The molecule has 0 amide bonds. The van der Waals surface area contributed by atoms with Crippen LogP contribution in [0.2, 0.25) is 0 Å². The summed E-state index contributed by atoms with van der Waals surface area (Å²) >= 11 is 1.46. The summed E-state index contributed by atoms with van der Waals surface area (Å²) in [4.78, 5) is 15.3. The van der Waals surface area contributed by atoms with Crippen molar-refractivity contribution in [2.45, 2.75) is 6.92 Å². The van der Waals surface area contributed by atoms with Crippen LogP contribution in [0.15, 0.2) is 5.38 Å². The van der Waals surface area contributed by atoms with Gasteiger partial charge in [-0.1, -0.05) is 0 Å². The standard InChI is InChI=1S/C10H11N3O2S/c1-4-6(10(14)15)8(11)7-5(13-4)3-16-9(7)12-2/h3,12H,11H2,1-2H3,(H,14,15). The Kier molecular flexibility index (Phi) is 2.43. The van der Waals surface area contributed by atoms with Crippen molar-refractivity contribution in [1.82, 2.24) is 4.98 Å². The average molecular weight is 237 g/mol. The monoisotopic (exact) mass is 237 g/mol. The second-order valence-corrected chi connectivity index (χ2v) is 4.25. The number of fused-ring (bicyclic) bond motifs is 1. The first-order chi connectivity index (χ1) is 7.56. The van der Waals surface area contributed by atoms with E-state index in [9.17, 15) is 4.79 Å². The molecular formula is C10H11N3O2S. The molecule has 0 atom stereocenters. The van der Waals surface area contributed by atoms with Gasteiger partial charge in [0.25, 0.3) is 0 Å². The molecule has 4 N–H and O–H groups in total. The number of thiophene rings is 1. The van der Waals surface area contributed by atoms with E-state index in [0.29, 0.717) is 11.1 Å². The van der Waals surface area contributed by atoms with Crippen LogP contribution in [-0.4, -0.2) is 23.1 Å². The summed E-state index contributed by atoms with van der Waals surface area (Å²) in [5.41, 5.74) is 7.42. The Labute approximate surface area is 95.9 Å². The van der Waals surface area contributed by atoms with Crippen LogP contribution in [0.3, 0.4) is 0 Å². The first-order valence-electron chi connectivity index (χ1n) is 4.64. The molecule has 0 aliphatic rings. The summed E-state index contributed by atoms with van der Waals surface area (Å²) in [6.45, 7) is 1.65. The molecule has 84 valence electrons. The molecule has 2 aromatic heterocycles. The van der Waals surface area contributed by atoms with E-state index >= 15 is 0 Å². The van der Waals surface area contributed by atoms with Gasteiger partial charge in [0.1, 0.15) is 5.56 Å². The van der Waals surface area contributed by atoms with Crippen LogP contribution in [-0.2, 0) is 0 Å². The molecule has 0 saturated heterocycles. The Balaban J connectivity index is 2.88. The van der Waals surface area contributed by atoms with Crippen molar-refractivity contribution in [3.8, 4) is 0 Å². The van der Waals surface area contributed by atoms with Crippen molar-refractivity contribution < 1.29 is 9.90 Å². The lowest BCUT2D eigenvalue weighted by molar-refractivity contribution is 0.0697. The molecule has 5 nitrogen and oxygen atoms in total. The van der Waals surface area contributed by atoms with Gasteiger partial charge in [-0.2, -0.15) is 0 Å². The Hall–Kier alpha value is -1.82. The van der Waals surface area contributed by atoms with Crippen molar-refractivity contribution in [1.29, 1.82) is 0 Å². The van der Waals surface area contributed by atoms with Gasteiger partial charge >= 0.3 is 5.97 Å². The molecule has 0 aliphatic heterocycles. The molecule has 0 spiro atoms. The van der Waals surface area contributed by atoms with Gasteiger partial charge in [0.05, 0.1) is 27.3 Å². The van der Waals surface area contributed by atoms with Gasteiger partial charge < -0.3 is 16.2 Å². The topological polar surface area (TPSA) is 88.2 Å². The zero-order chi connectivity index (χ0) is 11.9. The third kappa shape index (κ3) is 1.38. The molecule has 0 bridgehead atoms. The quantitative estimate of drug-likeness (QED) is 0.742. The van der Waals surface area contributed by atoms with Gasteiger partial charge in [-0.05, 0) is 6.92 Å². The van der Waals surface area contributed by atoms with E-state index in [4.69, 9.17) is 10.8 Å². The highest BCUT2D eigenvalue weighted by Gasteiger charge is 2.18. The number of carboxylic acid groups (broad SMARTS) is 1. The molecular weight excluding hydrogens is 226 g/mol. The third-order valence-electron chi connectivity index (χ3n) is 2.40. The van der Waals surface area contributed by atoms with Crippen LogP contribution in [0.4, 0.5) is 10.7 Å². The summed E-state index contributed by atoms with van der Waals surface area (Å²) in [6.07, 6.45) is 0. The number of nitrogens with two attached hydrogens (primary N) is 1. The van der Waals surface area contributed by atoms with Crippen LogP contribution >= 0.6 is 11.3 Å². The number of hydrogen-bond donors (Lipinski definition) is 3. The molecule has 16 heavy (non-hydrogen) atoms.